The molecule has 0 amide bonds. The van der Waals surface area contributed by atoms with Crippen molar-refractivity contribution >= 4 is 5.97 Å². The summed E-state index contributed by atoms with van der Waals surface area (Å²) < 4.78 is 9.87. The van der Waals surface area contributed by atoms with Crippen LogP contribution in [0.3, 0.4) is 0 Å². The summed E-state index contributed by atoms with van der Waals surface area (Å²) in [6, 6.07) is 0. The predicted octanol–water partition coefficient (Wildman–Crippen LogP) is 1.59. The minimum Gasteiger partial charge on any atom is -0.464 e. The van der Waals surface area contributed by atoms with E-state index in [1.54, 1.807) is 6.92 Å². The molecule has 0 aromatic carbocycles. The fourth-order valence-corrected chi connectivity index (χ4v) is 1.26. The molecule has 96 valence electrons. The molecule has 0 aromatic rings. The molecule has 0 aliphatic carbocycles. The molecule has 0 unspecified atom stereocenters. The van der Waals surface area contributed by atoms with Crippen molar-refractivity contribution in [3.63, 3.8) is 0 Å². The largest absolute Gasteiger partial charge is 0.464 e. The van der Waals surface area contributed by atoms with Gasteiger partial charge in [0, 0.05) is 6.54 Å². The molecule has 1 N–H and O–H groups in total. The summed E-state index contributed by atoms with van der Waals surface area (Å²) in [6.07, 6.45) is 2.44. The fourth-order valence-electron chi connectivity index (χ4n) is 1.26. The molecule has 0 aliphatic heterocycles. The van der Waals surface area contributed by atoms with Gasteiger partial charge in [-0.15, -0.1) is 0 Å². The molecule has 4 heteroatoms. The topological polar surface area (TPSA) is 47.6 Å². The van der Waals surface area contributed by atoms with Crippen LogP contribution in [0.15, 0.2) is 0 Å². The summed E-state index contributed by atoms with van der Waals surface area (Å²) in [6.45, 7) is 9.06. The number of carbonyl (C=O) groups is 1. The van der Waals surface area contributed by atoms with E-state index in [1.165, 1.54) is 12.8 Å². The molecule has 0 aliphatic rings. The van der Waals surface area contributed by atoms with Crippen LogP contribution in [0.1, 0.15) is 33.6 Å². The van der Waals surface area contributed by atoms with Gasteiger partial charge < -0.3 is 14.8 Å². The van der Waals surface area contributed by atoms with Gasteiger partial charge in [0.15, 0.2) is 0 Å². The van der Waals surface area contributed by atoms with Gasteiger partial charge >= 0.3 is 5.97 Å². The van der Waals surface area contributed by atoms with Crippen molar-refractivity contribution in [1.82, 2.24) is 5.32 Å². The van der Waals surface area contributed by atoms with Gasteiger partial charge in [0.2, 0.25) is 0 Å². The molecule has 0 atom stereocenters. The second-order valence-corrected chi connectivity index (χ2v) is 4.14. The molecular formula is C12H25NO3. The number of esters is 1. The van der Waals surface area contributed by atoms with Crippen molar-refractivity contribution in [3.8, 4) is 0 Å². The van der Waals surface area contributed by atoms with Crippen LogP contribution in [0.5, 0.6) is 0 Å². The van der Waals surface area contributed by atoms with Gasteiger partial charge in [0.1, 0.15) is 6.61 Å². The highest BCUT2D eigenvalue weighted by Crippen LogP contribution is 2.01. The molecule has 16 heavy (non-hydrogen) atoms. The Hall–Kier alpha value is -0.610. The van der Waals surface area contributed by atoms with E-state index in [9.17, 15) is 4.79 Å². The lowest BCUT2D eigenvalue weighted by molar-refractivity contribution is -0.148. The Morgan fingerprint density at radius 3 is 2.69 bits per heavy atom. The molecule has 0 fully saturated rings. The zero-order valence-electron chi connectivity index (χ0n) is 10.8. The first kappa shape index (κ1) is 15.4. The molecular weight excluding hydrogens is 206 g/mol. The van der Waals surface area contributed by atoms with Gasteiger partial charge in [-0.25, -0.2) is 4.79 Å². The SMILES string of the molecule is CCOC(=O)COCCNCCCC(C)C. The predicted molar refractivity (Wildman–Crippen MR) is 64.4 cm³/mol. The van der Waals surface area contributed by atoms with Gasteiger partial charge in [-0.3, -0.25) is 0 Å². The molecule has 0 bridgehead atoms. The Morgan fingerprint density at radius 2 is 2.06 bits per heavy atom. The maximum atomic E-state index is 10.9. The Bertz CT molecular complexity index is 172. The number of ether oxygens (including phenoxy) is 2. The third-order valence-corrected chi connectivity index (χ3v) is 2.08. The molecule has 0 rings (SSSR count). The average Bonchev–Trinajstić information content (AvgIpc) is 2.22. The Balaban J connectivity index is 3.07. The zero-order chi connectivity index (χ0) is 12.2. The van der Waals surface area contributed by atoms with Crippen LogP contribution in [0.4, 0.5) is 0 Å². The minimum absolute atomic E-state index is 0.0571. The van der Waals surface area contributed by atoms with Crippen molar-refractivity contribution in [1.29, 1.82) is 0 Å². The summed E-state index contributed by atoms with van der Waals surface area (Å²) in [7, 11) is 0. The second-order valence-electron chi connectivity index (χ2n) is 4.14. The van der Waals surface area contributed by atoms with Crippen LogP contribution in [0.2, 0.25) is 0 Å². The highest BCUT2D eigenvalue weighted by molar-refractivity contribution is 5.70. The number of carbonyl (C=O) groups excluding carboxylic acids is 1. The molecule has 0 heterocycles. The second kappa shape index (κ2) is 10.9. The lowest BCUT2D eigenvalue weighted by Gasteiger charge is -2.07. The van der Waals surface area contributed by atoms with E-state index in [2.05, 4.69) is 19.2 Å². The zero-order valence-corrected chi connectivity index (χ0v) is 10.8. The molecule has 4 nitrogen and oxygen atoms in total. The van der Waals surface area contributed by atoms with Crippen molar-refractivity contribution in [2.45, 2.75) is 33.6 Å². The van der Waals surface area contributed by atoms with E-state index in [-0.39, 0.29) is 12.6 Å². The number of nitrogens with one attached hydrogen (secondary N) is 1. The van der Waals surface area contributed by atoms with Gasteiger partial charge in [-0.2, -0.15) is 0 Å². The summed E-state index contributed by atoms with van der Waals surface area (Å²) in [5.74, 6) is 0.476. The average molecular weight is 231 g/mol. The number of hydrogen-bond acceptors (Lipinski definition) is 4. The lowest BCUT2D eigenvalue weighted by atomic mass is 10.1. The summed E-state index contributed by atoms with van der Waals surface area (Å²) in [5.41, 5.74) is 0. The summed E-state index contributed by atoms with van der Waals surface area (Å²) in [5, 5.41) is 3.27. The third kappa shape index (κ3) is 11.5. The van der Waals surface area contributed by atoms with E-state index in [4.69, 9.17) is 9.47 Å². The monoisotopic (exact) mass is 231 g/mol. The first-order valence-corrected chi connectivity index (χ1v) is 6.10. The maximum absolute atomic E-state index is 10.9. The third-order valence-electron chi connectivity index (χ3n) is 2.08. The van der Waals surface area contributed by atoms with Gasteiger partial charge in [0.25, 0.3) is 0 Å². The first-order valence-electron chi connectivity index (χ1n) is 6.10. The standard InChI is InChI=1S/C12H25NO3/c1-4-16-12(14)10-15-9-8-13-7-5-6-11(2)3/h11,13H,4-10H2,1-3H3. The van der Waals surface area contributed by atoms with Crippen molar-refractivity contribution in [3.05, 3.63) is 0 Å². The fraction of sp³-hybridized carbons (Fsp3) is 0.917. The Labute approximate surface area is 98.7 Å². The molecule has 0 aromatic heterocycles. The lowest BCUT2D eigenvalue weighted by Crippen LogP contribution is -2.23. The van der Waals surface area contributed by atoms with E-state index in [0.717, 1.165) is 19.0 Å². The van der Waals surface area contributed by atoms with Gasteiger partial charge in [0.05, 0.1) is 13.2 Å². The van der Waals surface area contributed by atoms with Gasteiger partial charge in [-0.05, 0) is 32.2 Å². The van der Waals surface area contributed by atoms with Crippen molar-refractivity contribution in [2.24, 2.45) is 5.92 Å². The van der Waals surface area contributed by atoms with E-state index in [0.29, 0.717) is 13.2 Å². The van der Waals surface area contributed by atoms with Crippen molar-refractivity contribution < 1.29 is 14.3 Å². The Morgan fingerprint density at radius 1 is 1.31 bits per heavy atom. The van der Waals surface area contributed by atoms with Gasteiger partial charge in [-0.1, -0.05) is 13.8 Å². The van der Waals surface area contributed by atoms with Crippen LogP contribution in [-0.4, -0.2) is 38.9 Å². The molecule has 0 saturated heterocycles. The summed E-state index contributed by atoms with van der Waals surface area (Å²) in [4.78, 5) is 10.9. The molecule has 0 saturated carbocycles. The maximum Gasteiger partial charge on any atom is 0.332 e. The number of hydrogen-bond donors (Lipinski definition) is 1. The first-order chi connectivity index (χ1) is 7.66. The summed E-state index contributed by atoms with van der Waals surface area (Å²) >= 11 is 0. The van der Waals surface area contributed by atoms with Crippen LogP contribution in [-0.2, 0) is 14.3 Å². The highest BCUT2D eigenvalue weighted by Gasteiger charge is 2.00. The van der Waals surface area contributed by atoms with Crippen molar-refractivity contribution in [2.75, 3.05) is 32.9 Å². The number of rotatable bonds is 10. The van der Waals surface area contributed by atoms with Crippen LogP contribution in [0.25, 0.3) is 0 Å². The van der Waals surface area contributed by atoms with Crippen LogP contribution < -0.4 is 5.32 Å². The van der Waals surface area contributed by atoms with E-state index < -0.39 is 0 Å². The smallest absolute Gasteiger partial charge is 0.332 e. The molecule has 0 spiro atoms. The Kier molecular flexibility index (Phi) is 10.5. The molecule has 0 radical (unpaired) electrons. The normalized spacial score (nSPS) is 10.8. The minimum atomic E-state index is -0.290. The quantitative estimate of drug-likeness (QED) is 0.458. The van der Waals surface area contributed by atoms with Crippen LogP contribution in [0, 0.1) is 5.92 Å². The van der Waals surface area contributed by atoms with E-state index >= 15 is 0 Å². The highest BCUT2D eigenvalue weighted by atomic mass is 16.6. The van der Waals surface area contributed by atoms with E-state index in [1.807, 2.05) is 0 Å². The van der Waals surface area contributed by atoms with Crippen LogP contribution >= 0.6 is 0 Å².